The van der Waals surface area contributed by atoms with E-state index >= 15 is 0 Å². The lowest BCUT2D eigenvalue weighted by Crippen LogP contribution is -2.33. The number of carbonyl (C=O) groups is 1. The van der Waals surface area contributed by atoms with Crippen LogP contribution in [-0.4, -0.2) is 69.8 Å². The van der Waals surface area contributed by atoms with E-state index in [-0.39, 0.29) is 34.1 Å². The van der Waals surface area contributed by atoms with Crippen LogP contribution >= 0.6 is 0 Å². The minimum absolute atomic E-state index is 0.0395. The average molecular weight is 467 g/mol. The predicted octanol–water partition coefficient (Wildman–Crippen LogP) is 2.95. The predicted molar refractivity (Wildman–Crippen MR) is 116 cm³/mol. The summed E-state index contributed by atoms with van der Waals surface area (Å²) in [6.45, 7) is 0.860. The molecule has 1 heterocycles. The Hall–Kier alpha value is -2.89. The number of hydrogen-bond donors (Lipinski definition) is 0. The first kappa shape index (κ1) is 23.8. The van der Waals surface area contributed by atoms with Crippen LogP contribution in [0.5, 0.6) is 0 Å². The topological polar surface area (TPSA) is 87.0 Å². The number of aromatic nitrogens is 1. The average Bonchev–Trinajstić information content (AvgIpc) is 3.14. The number of rotatable bonds is 8. The van der Waals surface area contributed by atoms with E-state index in [4.69, 9.17) is 4.42 Å². The van der Waals surface area contributed by atoms with Crippen molar-refractivity contribution in [1.82, 2.24) is 14.2 Å². The van der Waals surface area contributed by atoms with E-state index in [2.05, 4.69) is 4.98 Å². The summed E-state index contributed by atoms with van der Waals surface area (Å²) in [6, 6.07) is 6.97. The number of nitrogens with zero attached hydrogens (tertiary/aromatic N) is 4. The molecule has 0 saturated carbocycles. The minimum atomic E-state index is -3.65. The molecule has 0 atom stereocenters. The highest BCUT2D eigenvalue weighted by Crippen LogP contribution is 2.27. The van der Waals surface area contributed by atoms with Gasteiger partial charge in [0.1, 0.15) is 11.3 Å². The van der Waals surface area contributed by atoms with Crippen molar-refractivity contribution in [3.8, 4) is 0 Å². The lowest BCUT2D eigenvalue weighted by Gasteiger charge is -2.20. The van der Waals surface area contributed by atoms with Gasteiger partial charge < -0.3 is 9.32 Å². The summed E-state index contributed by atoms with van der Waals surface area (Å²) in [7, 11) is 2.94. The van der Waals surface area contributed by atoms with Crippen LogP contribution < -0.4 is 4.90 Å². The number of fused-ring (bicyclic) bond motifs is 1. The van der Waals surface area contributed by atoms with Gasteiger partial charge in [-0.2, -0.15) is 4.98 Å². The zero-order valence-corrected chi connectivity index (χ0v) is 19.0. The van der Waals surface area contributed by atoms with E-state index in [1.807, 2.05) is 19.0 Å². The lowest BCUT2D eigenvalue weighted by atomic mass is 10.2. The summed E-state index contributed by atoms with van der Waals surface area (Å²) in [5, 5.41) is 0. The zero-order valence-electron chi connectivity index (χ0n) is 18.2. The molecule has 2 aromatic carbocycles. The molecule has 32 heavy (non-hydrogen) atoms. The number of oxazole rings is 1. The van der Waals surface area contributed by atoms with E-state index in [1.54, 1.807) is 0 Å². The molecule has 0 spiro atoms. The van der Waals surface area contributed by atoms with Gasteiger partial charge in [-0.15, -0.1) is 0 Å². The highest BCUT2D eigenvalue weighted by Gasteiger charge is 2.25. The van der Waals surface area contributed by atoms with Crippen molar-refractivity contribution in [2.45, 2.75) is 11.3 Å². The van der Waals surface area contributed by atoms with Gasteiger partial charge in [-0.3, -0.25) is 9.69 Å². The summed E-state index contributed by atoms with van der Waals surface area (Å²) in [5.74, 6) is -2.22. The van der Waals surface area contributed by atoms with E-state index in [9.17, 15) is 22.0 Å². The Kier molecular flexibility index (Phi) is 6.91. The van der Waals surface area contributed by atoms with Crippen molar-refractivity contribution < 1.29 is 26.4 Å². The minimum Gasteiger partial charge on any atom is -0.423 e. The molecule has 1 amide bonds. The maximum atomic E-state index is 14.1. The van der Waals surface area contributed by atoms with E-state index in [0.717, 1.165) is 10.4 Å². The Morgan fingerprint density at radius 1 is 1.03 bits per heavy atom. The van der Waals surface area contributed by atoms with Gasteiger partial charge in [0.05, 0.1) is 4.90 Å². The first-order valence-corrected chi connectivity index (χ1v) is 11.2. The van der Waals surface area contributed by atoms with E-state index in [0.29, 0.717) is 19.0 Å². The van der Waals surface area contributed by atoms with Gasteiger partial charge in [0.25, 0.3) is 5.91 Å². The Balaban J connectivity index is 1.97. The standard InChI is InChI=1S/C21H24F2N4O4S/c1-25(2)10-5-11-27(21-24-19-17(23)12-15(22)13-18(19)31-21)20(28)14-6-8-16(9-7-14)32(29,30)26(3)4/h6-9,12-13H,5,10-11H2,1-4H3. The maximum Gasteiger partial charge on any atom is 0.305 e. The monoisotopic (exact) mass is 466 g/mol. The normalized spacial score (nSPS) is 12.1. The number of hydrogen-bond acceptors (Lipinski definition) is 6. The van der Waals surface area contributed by atoms with Crippen LogP contribution in [0.4, 0.5) is 14.8 Å². The number of sulfonamides is 1. The van der Waals surface area contributed by atoms with Crippen LogP contribution in [0.3, 0.4) is 0 Å². The maximum absolute atomic E-state index is 14.1. The smallest absolute Gasteiger partial charge is 0.305 e. The van der Waals surface area contributed by atoms with Crippen molar-refractivity contribution in [3.63, 3.8) is 0 Å². The molecule has 0 bridgehead atoms. The Bertz CT molecular complexity index is 1220. The molecule has 3 aromatic rings. The third kappa shape index (κ3) is 4.95. The second-order valence-corrected chi connectivity index (χ2v) is 9.81. The van der Waals surface area contributed by atoms with Gasteiger partial charge in [0, 0.05) is 38.3 Å². The molecule has 8 nitrogen and oxygen atoms in total. The third-order valence-corrected chi connectivity index (χ3v) is 6.57. The second-order valence-electron chi connectivity index (χ2n) is 7.66. The van der Waals surface area contributed by atoms with Gasteiger partial charge in [-0.1, -0.05) is 0 Å². The molecule has 3 rings (SSSR count). The Morgan fingerprint density at radius 2 is 1.69 bits per heavy atom. The fourth-order valence-electron chi connectivity index (χ4n) is 3.03. The number of anilines is 1. The van der Waals surface area contributed by atoms with Crippen LogP contribution in [0.1, 0.15) is 16.8 Å². The molecule has 172 valence electrons. The summed E-state index contributed by atoms with van der Waals surface area (Å²) >= 11 is 0. The van der Waals surface area contributed by atoms with Crippen molar-refractivity contribution in [1.29, 1.82) is 0 Å². The first-order chi connectivity index (χ1) is 15.0. The fraction of sp³-hybridized carbons (Fsp3) is 0.333. The summed E-state index contributed by atoms with van der Waals surface area (Å²) in [5.41, 5.74) is -0.101. The van der Waals surface area contributed by atoms with Gasteiger partial charge >= 0.3 is 6.01 Å². The van der Waals surface area contributed by atoms with Gasteiger partial charge in [0.15, 0.2) is 11.4 Å². The van der Waals surface area contributed by atoms with Crippen LogP contribution in [0.25, 0.3) is 11.1 Å². The molecular weight excluding hydrogens is 442 g/mol. The van der Waals surface area contributed by atoms with Crippen LogP contribution in [-0.2, 0) is 10.0 Å². The summed E-state index contributed by atoms with van der Waals surface area (Å²) < 4.78 is 58.7. The Morgan fingerprint density at radius 3 is 2.28 bits per heavy atom. The summed E-state index contributed by atoms with van der Waals surface area (Å²) in [4.78, 5) is 20.5. The fourth-order valence-corrected chi connectivity index (χ4v) is 3.93. The molecule has 0 fully saturated rings. The number of halogens is 2. The van der Waals surface area contributed by atoms with E-state index < -0.39 is 27.6 Å². The lowest BCUT2D eigenvalue weighted by molar-refractivity contribution is 0.0981. The van der Waals surface area contributed by atoms with Crippen molar-refractivity contribution in [2.24, 2.45) is 0 Å². The Labute approximate surface area is 185 Å². The molecule has 0 N–H and O–H groups in total. The van der Waals surface area contributed by atoms with Crippen molar-refractivity contribution in [3.05, 3.63) is 53.6 Å². The molecular formula is C21H24F2N4O4S. The largest absolute Gasteiger partial charge is 0.423 e. The third-order valence-electron chi connectivity index (χ3n) is 4.74. The molecule has 0 aliphatic rings. The van der Waals surface area contributed by atoms with Crippen LogP contribution in [0, 0.1) is 11.6 Å². The van der Waals surface area contributed by atoms with Gasteiger partial charge in [-0.25, -0.2) is 21.5 Å². The summed E-state index contributed by atoms with van der Waals surface area (Å²) in [6.07, 6.45) is 0.557. The van der Waals surface area contributed by atoms with Crippen molar-refractivity contribution >= 4 is 33.0 Å². The first-order valence-electron chi connectivity index (χ1n) is 9.75. The zero-order chi connectivity index (χ0) is 23.6. The molecule has 0 unspecified atom stereocenters. The highest BCUT2D eigenvalue weighted by molar-refractivity contribution is 7.89. The highest BCUT2D eigenvalue weighted by atomic mass is 32.2. The molecule has 0 radical (unpaired) electrons. The molecule has 0 aliphatic heterocycles. The molecule has 0 saturated heterocycles. The molecule has 0 aliphatic carbocycles. The number of carbonyl (C=O) groups excluding carboxylic acids is 1. The van der Waals surface area contributed by atoms with E-state index in [1.165, 1.54) is 43.3 Å². The SMILES string of the molecule is CN(C)CCCN(C(=O)c1ccc(S(=O)(=O)N(C)C)cc1)c1nc2c(F)cc(F)cc2o1. The van der Waals surface area contributed by atoms with Crippen LogP contribution in [0.15, 0.2) is 45.7 Å². The van der Waals surface area contributed by atoms with Crippen molar-refractivity contribution in [2.75, 3.05) is 46.2 Å². The second kappa shape index (κ2) is 9.31. The van der Waals surface area contributed by atoms with Gasteiger partial charge in [-0.05, 0) is 51.3 Å². The van der Waals surface area contributed by atoms with Gasteiger partial charge in [0.2, 0.25) is 10.0 Å². The van der Waals surface area contributed by atoms with Crippen LogP contribution in [0.2, 0.25) is 0 Å². The number of amides is 1. The number of benzene rings is 2. The molecule has 1 aromatic heterocycles. The quantitative estimate of drug-likeness (QED) is 0.507. The molecule has 11 heteroatoms.